The van der Waals surface area contributed by atoms with E-state index >= 15 is 0 Å². The highest BCUT2D eigenvalue weighted by molar-refractivity contribution is 5.21. The van der Waals surface area contributed by atoms with E-state index < -0.39 is 0 Å². The van der Waals surface area contributed by atoms with Gasteiger partial charge >= 0.3 is 0 Å². The van der Waals surface area contributed by atoms with E-state index in [4.69, 9.17) is 0 Å². The number of nitrogens with zero attached hydrogens (tertiary/aromatic N) is 4. The van der Waals surface area contributed by atoms with E-state index in [9.17, 15) is 0 Å². The van der Waals surface area contributed by atoms with Crippen molar-refractivity contribution in [1.82, 2.24) is 30.5 Å². The predicted octanol–water partition coefficient (Wildman–Crippen LogP) is 1.11. The fourth-order valence-electron chi connectivity index (χ4n) is 1.73. The molecular formula is C11H18N6. The standard InChI is InChI=1S/C11H18N6/c1-3-5-12-11(10-7-13-16-15-10)9-6-14-17(4-2)8-9/h6-8,11-12H,3-5H2,1-2H3,(H,13,15,16). The maximum absolute atomic E-state index is 4.29. The van der Waals surface area contributed by atoms with E-state index in [1.54, 1.807) is 6.20 Å². The third-order valence-corrected chi connectivity index (χ3v) is 2.64. The molecule has 2 aromatic heterocycles. The molecule has 92 valence electrons. The fraction of sp³-hybridized carbons (Fsp3) is 0.545. The monoisotopic (exact) mass is 234 g/mol. The van der Waals surface area contributed by atoms with Crippen LogP contribution >= 0.6 is 0 Å². The van der Waals surface area contributed by atoms with Crippen LogP contribution in [0.5, 0.6) is 0 Å². The van der Waals surface area contributed by atoms with Gasteiger partial charge in [-0.15, -0.1) is 0 Å². The number of rotatable bonds is 6. The van der Waals surface area contributed by atoms with Gasteiger partial charge in [0.1, 0.15) is 5.69 Å². The van der Waals surface area contributed by atoms with Gasteiger partial charge in [-0.05, 0) is 19.9 Å². The van der Waals surface area contributed by atoms with Gasteiger partial charge in [-0.3, -0.25) is 4.68 Å². The van der Waals surface area contributed by atoms with Crippen LogP contribution in [0.15, 0.2) is 18.6 Å². The van der Waals surface area contributed by atoms with Gasteiger partial charge < -0.3 is 5.32 Å². The first kappa shape index (κ1) is 11.8. The number of nitrogens with one attached hydrogen (secondary N) is 2. The Labute approximate surface area is 100 Å². The molecule has 1 atom stereocenters. The Hall–Kier alpha value is -1.69. The summed E-state index contributed by atoms with van der Waals surface area (Å²) in [6.07, 6.45) is 6.75. The van der Waals surface area contributed by atoms with Crippen LogP contribution in [0.3, 0.4) is 0 Å². The SMILES string of the molecule is CCCNC(c1cnn(CC)c1)c1cn[nH]n1. The first-order valence-corrected chi connectivity index (χ1v) is 5.96. The lowest BCUT2D eigenvalue weighted by Gasteiger charge is -2.13. The second-order valence-electron chi connectivity index (χ2n) is 3.91. The van der Waals surface area contributed by atoms with E-state index in [1.807, 2.05) is 17.1 Å². The van der Waals surface area contributed by atoms with E-state index in [2.05, 4.69) is 39.7 Å². The Bertz CT molecular complexity index is 433. The fourth-order valence-corrected chi connectivity index (χ4v) is 1.73. The molecule has 0 fully saturated rings. The zero-order valence-electron chi connectivity index (χ0n) is 10.2. The van der Waals surface area contributed by atoms with E-state index in [-0.39, 0.29) is 6.04 Å². The molecule has 1 unspecified atom stereocenters. The van der Waals surface area contributed by atoms with Gasteiger partial charge in [-0.1, -0.05) is 6.92 Å². The first-order valence-electron chi connectivity index (χ1n) is 5.96. The summed E-state index contributed by atoms with van der Waals surface area (Å²) in [6.45, 7) is 6.03. The minimum atomic E-state index is 0.0639. The van der Waals surface area contributed by atoms with Gasteiger partial charge in [0.15, 0.2) is 0 Å². The third kappa shape index (κ3) is 2.71. The summed E-state index contributed by atoms with van der Waals surface area (Å²) in [4.78, 5) is 0. The zero-order valence-corrected chi connectivity index (χ0v) is 10.2. The van der Waals surface area contributed by atoms with Crippen molar-refractivity contribution >= 4 is 0 Å². The minimum absolute atomic E-state index is 0.0639. The highest BCUT2D eigenvalue weighted by atomic mass is 15.3. The molecule has 2 aromatic rings. The Morgan fingerprint density at radius 3 is 2.88 bits per heavy atom. The largest absolute Gasteiger partial charge is 0.305 e. The lowest BCUT2D eigenvalue weighted by molar-refractivity contribution is 0.583. The highest BCUT2D eigenvalue weighted by Crippen LogP contribution is 2.18. The summed E-state index contributed by atoms with van der Waals surface area (Å²) in [5.41, 5.74) is 2.02. The summed E-state index contributed by atoms with van der Waals surface area (Å²) in [5.74, 6) is 0. The Morgan fingerprint density at radius 1 is 1.41 bits per heavy atom. The molecule has 0 aliphatic heterocycles. The Balaban J connectivity index is 2.20. The molecule has 0 radical (unpaired) electrons. The maximum atomic E-state index is 4.29. The topological polar surface area (TPSA) is 71.4 Å². The van der Waals surface area contributed by atoms with Crippen molar-refractivity contribution in [2.75, 3.05) is 6.54 Å². The average Bonchev–Trinajstić information content (AvgIpc) is 3.00. The van der Waals surface area contributed by atoms with E-state index in [0.29, 0.717) is 0 Å². The third-order valence-electron chi connectivity index (χ3n) is 2.64. The lowest BCUT2D eigenvalue weighted by atomic mass is 10.1. The van der Waals surface area contributed by atoms with Crippen molar-refractivity contribution in [3.63, 3.8) is 0 Å². The molecule has 6 nitrogen and oxygen atoms in total. The summed E-state index contributed by atoms with van der Waals surface area (Å²) in [6, 6.07) is 0.0639. The molecule has 0 aliphatic rings. The second kappa shape index (κ2) is 5.58. The molecule has 0 amide bonds. The molecule has 2 heterocycles. The molecule has 2 rings (SSSR count). The zero-order chi connectivity index (χ0) is 12.1. The van der Waals surface area contributed by atoms with Crippen molar-refractivity contribution in [3.05, 3.63) is 29.8 Å². The van der Waals surface area contributed by atoms with Crippen molar-refractivity contribution in [2.24, 2.45) is 0 Å². The van der Waals surface area contributed by atoms with Crippen LogP contribution in [-0.4, -0.2) is 31.7 Å². The molecule has 0 saturated heterocycles. The average molecular weight is 234 g/mol. The smallest absolute Gasteiger partial charge is 0.104 e. The van der Waals surface area contributed by atoms with Gasteiger partial charge in [-0.25, -0.2) is 0 Å². The normalized spacial score (nSPS) is 12.8. The number of H-pyrrole nitrogens is 1. The predicted molar refractivity (Wildman–Crippen MR) is 64.4 cm³/mol. The maximum Gasteiger partial charge on any atom is 0.104 e. The van der Waals surface area contributed by atoms with E-state index in [1.165, 1.54) is 0 Å². The number of aryl methyl sites for hydroxylation is 1. The molecule has 2 N–H and O–H groups in total. The molecule has 6 heteroatoms. The Kier molecular flexibility index (Phi) is 3.87. The highest BCUT2D eigenvalue weighted by Gasteiger charge is 2.17. The number of hydrogen-bond donors (Lipinski definition) is 2. The van der Waals surface area contributed by atoms with Crippen molar-refractivity contribution in [3.8, 4) is 0 Å². The molecule has 0 aromatic carbocycles. The summed E-state index contributed by atoms with van der Waals surface area (Å²) in [5, 5.41) is 18.4. The van der Waals surface area contributed by atoms with Crippen LogP contribution in [0.4, 0.5) is 0 Å². The van der Waals surface area contributed by atoms with Gasteiger partial charge in [0.2, 0.25) is 0 Å². The summed E-state index contributed by atoms with van der Waals surface area (Å²) < 4.78 is 1.91. The van der Waals surface area contributed by atoms with Gasteiger partial charge in [0.05, 0.1) is 18.4 Å². The number of hydrogen-bond acceptors (Lipinski definition) is 4. The van der Waals surface area contributed by atoms with Crippen molar-refractivity contribution in [2.45, 2.75) is 32.9 Å². The molecule has 0 spiro atoms. The van der Waals surface area contributed by atoms with Gasteiger partial charge in [0, 0.05) is 18.3 Å². The Morgan fingerprint density at radius 2 is 2.29 bits per heavy atom. The van der Waals surface area contributed by atoms with Crippen LogP contribution in [0.1, 0.15) is 37.6 Å². The van der Waals surface area contributed by atoms with Crippen LogP contribution in [0.25, 0.3) is 0 Å². The molecular weight excluding hydrogens is 216 g/mol. The molecule has 0 bridgehead atoms. The molecule has 0 aliphatic carbocycles. The summed E-state index contributed by atoms with van der Waals surface area (Å²) >= 11 is 0. The van der Waals surface area contributed by atoms with Crippen LogP contribution in [-0.2, 0) is 6.54 Å². The van der Waals surface area contributed by atoms with Gasteiger partial charge in [0.25, 0.3) is 0 Å². The first-order chi connectivity index (χ1) is 8.35. The van der Waals surface area contributed by atoms with Crippen LogP contribution in [0, 0.1) is 0 Å². The van der Waals surface area contributed by atoms with Crippen LogP contribution in [0.2, 0.25) is 0 Å². The minimum Gasteiger partial charge on any atom is -0.305 e. The van der Waals surface area contributed by atoms with Crippen molar-refractivity contribution in [1.29, 1.82) is 0 Å². The molecule has 17 heavy (non-hydrogen) atoms. The van der Waals surface area contributed by atoms with Gasteiger partial charge in [-0.2, -0.15) is 20.5 Å². The summed E-state index contributed by atoms with van der Waals surface area (Å²) in [7, 11) is 0. The number of aromatic amines is 1. The second-order valence-corrected chi connectivity index (χ2v) is 3.91. The molecule has 0 saturated carbocycles. The quantitative estimate of drug-likeness (QED) is 0.785. The lowest BCUT2D eigenvalue weighted by Crippen LogP contribution is -2.23. The van der Waals surface area contributed by atoms with Crippen LogP contribution < -0.4 is 5.32 Å². The van der Waals surface area contributed by atoms with E-state index in [0.717, 1.165) is 30.8 Å². The number of aromatic nitrogens is 5. The van der Waals surface area contributed by atoms with Crippen molar-refractivity contribution < 1.29 is 0 Å².